The van der Waals surface area contributed by atoms with Crippen LogP contribution in [-0.2, 0) is 5.41 Å². The van der Waals surface area contributed by atoms with Crippen LogP contribution < -0.4 is 0 Å². The summed E-state index contributed by atoms with van der Waals surface area (Å²) < 4.78 is 4.93. The van der Waals surface area contributed by atoms with E-state index in [4.69, 9.17) is 0 Å². The average molecular weight is 677 g/mol. The third kappa shape index (κ3) is 4.33. The van der Waals surface area contributed by atoms with Crippen LogP contribution >= 0.6 is 0 Å². The van der Waals surface area contributed by atoms with Crippen LogP contribution in [0.3, 0.4) is 0 Å². The molecule has 250 valence electrons. The fourth-order valence-corrected chi connectivity index (χ4v) is 9.19. The van der Waals surface area contributed by atoms with Gasteiger partial charge >= 0.3 is 0 Å². The molecule has 0 saturated heterocycles. The molecule has 11 rings (SSSR count). The lowest BCUT2D eigenvalue weighted by atomic mass is 9.82. The fraction of sp³-hybridized carbons (Fsp3) is 0.0588. The summed E-state index contributed by atoms with van der Waals surface area (Å²) in [5.74, 6) is 0. The molecule has 0 amide bonds. The Morgan fingerprint density at radius 2 is 0.868 bits per heavy atom. The highest BCUT2D eigenvalue weighted by Crippen LogP contribution is 2.51. The number of para-hydroxylation sites is 2. The molecule has 0 bridgehead atoms. The molecule has 2 aromatic heterocycles. The number of hydrogen-bond acceptors (Lipinski definition) is 0. The lowest BCUT2D eigenvalue weighted by Crippen LogP contribution is -2.14. The maximum absolute atomic E-state index is 2.51. The standard InChI is InChI=1S/C51H36N2/c1-51(2)43-18-9-6-17-42(43)50-44(51)19-12-22-47(50)53-46-21-11-8-16-39(46)41-30-26-36(32-49(41)53)35-25-29-40-38-15-7-10-20-45(38)52(48(40)31-35)37-27-23-34(24-28-37)33-13-4-3-5-14-33/h3-32H,1-2H3. The van der Waals surface area contributed by atoms with Crippen LogP contribution in [0.25, 0.3) is 88.4 Å². The highest BCUT2D eigenvalue weighted by molar-refractivity contribution is 6.12. The zero-order valence-corrected chi connectivity index (χ0v) is 29.7. The molecular weight excluding hydrogens is 641 g/mol. The fourth-order valence-electron chi connectivity index (χ4n) is 9.19. The van der Waals surface area contributed by atoms with Crippen LogP contribution in [0.1, 0.15) is 25.0 Å². The number of nitrogens with zero attached hydrogens (tertiary/aromatic N) is 2. The molecule has 2 heterocycles. The van der Waals surface area contributed by atoms with Crippen molar-refractivity contribution in [1.82, 2.24) is 9.13 Å². The van der Waals surface area contributed by atoms with Gasteiger partial charge in [-0.2, -0.15) is 0 Å². The van der Waals surface area contributed by atoms with Gasteiger partial charge in [0.1, 0.15) is 0 Å². The van der Waals surface area contributed by atoms with E-state index in [1.807, 2.05) is 0 Å². The Morgan fingerprint density at radius 1 is 0.358 bits per heavy atom. The molecular formula is C51H36N2. The second-order valence-electron chi connectivity index (χ2n) is 15.0. The Labute approximate surface area is 308 Å². The SMILES string of the molecule is CC1(C)c2ccccc2-c2c(-n3c4ccccc4c4ccc(-c5ccc6c7ccccc7n(-c7ccc(-c8ccccc8)cc7)c6c5)cc43)cccc21. The summed E-state index contributed by atoms with van der Waals surface area (Å²) in [5.41, 5.74) is 17.5. The summed E-state index contributed by atoms with van der Waals surface area (Å²) >= 11 is 0. The van der Waals surface area contributed by atoms with Gasteiger partial charge in [0.15, 0.2) is 0 Å². The van der Waals surface area contributed by atoms with Crippen molar-refractivity contribution in [2.24, 2.45) is 0 Å². The average Bonchev–Trinajstić information content (AvgIpc) is 3.81. The summed E-state index contributed by atoms with van der Waals surface area (Å²) in [5, 5.41) is 5.05. The number of hydrogen-bond donors (Lipinski definition) is 0. The topological polar surface area (TPSA) is 9.86 Å². The van der Waals surface area contributed by atoms with Crippen molar-refractivity contribution in [2.75, 3.05) is 0 Å². The predicted octanol–water partition coefficient (Wildman–Crippen LogP) is 13.5. The van der Waals surface area contributed by atoms with Gasteiger partial charge in [-0.3, -0.25) is 0 Å². The summed E-state index contributed by atoms with van der Waals surface area (Å²) in [6.45, 7) is 4.72. The summed E-state index contributed by atoms with van der Waals surface area (Å²) in [6, 6.07) is 67.1. The molecule has 0 N–H and O–H groups in total. The molecule has 2 heteroatoms. The van der Waals surface area contributed by atoms with Gasteiger partial charge in [0.25, 0.3) is 0 Å². The van der Waals surface area contributed by atoms with Crippen LogP contribution in [0, 0.1) is 0 Å². The van der Waals surface area contributed by atoms with Gasteiger partial charge in [0, 0.05) is 38.2 Å². The van der Waals surface area contributed by atoms with Crippen molar-refractivity contribution < 1.29 is 0 Å². The third-order valence-electron chi connectivity index (χ3n) is 11.7. The minimum atomic E-state index is -0.0679. The first-order valence-electron chi connectivity index (χ1n) is 18.5. The molecule has 8 aromatic carbocycles. The Balaban J connectivity index is 1.12. The highest BCUT2D eigenvalue weighted by Gasteiger charge is 2.37. The van der Waals surface area contributed by atoms with Gasteiger partial charge < -0.3 is 9.13 Å². The molecule has 10 aromatic rings. The molecule has 1 aliphatic carbocycles. The largest absolute Gasteiger partial charge is 0.309 e. The van der Waals surface area contributed by atoms with E-state index in [1.165, 1.54) is 93.8 Å². The van der Waals surface area contributed by atoms with Crippen molar-refractivity contribution in [3.8, 4) is 44.8 Å². The second-order valence-corrected chi connectivity index (χ2v) is 15.0. The summed E-state index contributed by atoms with van der Waals surface area (Å²) in [6.07, 6.45) is 0. The van der Waals surface area contributed by atoms with E-state index >= 15 is 0 Å². The maximum Gasteiger partial charge on any atom is 0.0547 e. The summed E-state index contributed by atoms with van der Waals surface area (Å²) in [7, 11) is 0. The summed E-state index contributed by atoms with van der Waals surface area (Å²) in [4.78, 5) is 0. The van der Waals surface area contributed by atoms with Crippen LogP contribution in [0.2, 0.25) is 0 Å². The number of aromatic nitrogens is 2. The Bertz CT molecular complexity index is 3060. The monoisotopic (exact) mass is 676 g/mol. The third-order valence-corrected chi connectivity index (χ3v) is 11.7. The van der Waals surface area contributed by atoms with Crippen molar-refractivity contribution in [1.29, 1.82) is 0 Å². The first-order valence-corrected chi connectivity index (χ1v) is 18.5. The van der Waals surface area contributed by atoms with E-state index in [9.17, 15) is 0 Å². The van der Waals surface area contributed by atoms with Crippen molar-refractivity contribution in [2.45, 2.75) is 19.3 Å². The normalized spacial score (nSPS) is 13.2. The Morgan fingerprint density at radius 3 is 1.57 bits per heavy atom. The molecule has 2 nitrogen and oxygen atoms in total. The van der Waals surface area contributed by atoms with E-state index in [0.29, 0.717) is 0 Å². The van der Waals surface area contributed by atoms with E-state index in [2.05, 4.69) is 205 Å². The smallest absolute Gasteiger partial charge is 0.0547 e. The molecule has 0 atom stereocenters. The minimum Gasteiger partial charge on any atom is -0.309 e. The molecule has 0 fully saturated rings. The molecule has 0 radical (unpaired) electrons. The first-order chi connectivity index (χ1) is 26.1. The van der Waals surface area contributed by atoms with Gasteiger partial charge in [-0.25, -0.2) is 0 Å². The molecule has 0 aliphatic heterocycles. The number of fused-ring (bicyclic) bond motifs is 9. The molecule has 0 saturated carbocycles. The Hall–Kier alpha value is -6.64. The van der Waals surface area contributed by atoms with E-state index < -0.39 is 0 Å². The van der Waals surface area contributed by atoms with E-state index in [0.717, 1.165) is 5.69 Å². The van der Waals surface area contributed by atoms with Crippen LogP contribution in [-0.4, -0.2) is 9.13 Å². The van der Waals surface area contributed by atoms with Crippen molar-refractivity contribution >= 4 is 43.6 Å². The van der Waals surface area contributed by atoms with Gasteiger partial charge in [0.2, 0.25) is 0 Å². The Kier molecular flexibility index (Phi) is 6.33. The van der Waals surface area contributed by atoms with Crippen LogP contribution in [0.15, 0.2) is 182 Å². The molecule has 53 heavy (non-hydrogen) atoms. The van der Waals surface area contributed by atoms with Crippen molar-refractivity contribution in [3.63, 3.8) is 0 Å². The quantitative estimate of drug-likeness (QED) is 0.176. The van der Waals surface area contributed by atoms with Gasteiger partial charge in [-0.1, -0.05) is 153 Å². The first kappa shape index (κ1) is 30.0. The van der Waals surface area contributed by atoms with Crippen LogP contribution in [0.5, 0.6) is 0 Å². The van der Waals surface area contributed by atoms with E-state index in [1.54, 1.807) is 0 Å². The van der Waals surface area contributed by atoms with Gasteiger partial charge in [0.05, 0.1) is 27.8 Å². The molecule has 1 aliphatic rings. The number of benzene rings is 8. The zero-order chi connectivity index (χ0) is 35.3. The lowest BCUT2D eigenvalue weighted by Gasteiger charge is -2.22. The second kappa shape index (κ2) is 11.2. The number of rotatable bonds is 4. The lowest BCUT2D eigenvalue weighted by molar-refractivity contribution is 0.660. The molecule has 0 unspecified atom stereocenters. The van der Waals surface area contributed by atoms with E-state index in [-0.39, 0.29) is 5.41 Å². The van der Waals surface area contributed by atoms with Gasteiger partial charge in [-0.05, 0) is 81.4 Å². The van der Waals surface area contributed by atoms with Crippen LogP contribution in [0.4, 0.5) is 0 Å². The maximum atomic E-state index is 2.51. The predicted molar refractivity (Wildman–Crippen MR) is 224 cm³/mol. The van der Waals surface area contributed by atoms with Crippen molar-refractivity contribution in [3.05, 3.63) is 193 Å². The zero-order valence-electron chi connectivity index (χ0n) is 29.7. The minimum absolute atomic E-state index is 0.0679. The highest BCUT2D eigenvalue weighted by atomic mass is 15.0. The van der Waals surface area contributed by atoms with Gasteiger partial charge in [-0.15, -0.1) is 0 Å². The molecule has 0 spiro atoms.